The zero-order valence-corrected chi connectivity index (χ0v) is 20.4. The number of hydrogen-bond acceptors (Lipinski definition) is 7. The third-order valence-corrected chi connectivity index (χ3v) is 7.10. The molecule has 0 bridgehead atoms. The van der Waals surface area contributed by atoms with E-state index in [4.69, 9.17) is 9.84 Å². The zero-order valence-electron chi connectivity index (χ0n) is 19.6. The Labute approximate surface area is 204 Å². The molecule has 35 heavy (non-hydrogen) atoms. The van der Waals surface area contributed by atoms with Gasteiger partial charge < -0.3 is 10.1 Å². The molecule has 9 nitrogen and oxygen atoms in total. The van der Waals surface area contributed by atoms with Crippen molar-refractivity contribution in [3.8, 4) is 16.3 Å². The number of methoxy groups -OCH3 is 1. The normalized spacial score (nSPS) is 15.0. The van der Waals surface area contributed by atoms with Gasteiger partial charge in [-0.3, -0.25) is 13.9 Å². The van der Waals surface area contributed by atoms with E-state index < -0.39 is 23.1 Å². The highest BCUT2D eigenvalue weighted by molar-refractivity contribution is 7.13. The molecule has 1 aliphatic heterocycles. The molecule has 0 saturated heterocycles. The predicted molar refractivity (Wildman–Crippen MR) is 134 cm³/mol. The van der Waals surface area contributed by atoms with E-state index in [1.165, 1.54) is 30.1 Å². The number of fused-ring (bicyclic) bond motifs is 1. The van der Waals surface area contributed by atoms with Crippen LogP contribution in [-0.2, 0) is 23.6 Å². The molecule has 0 unspecified atom stereocenters. The second-order valence-corrected chi connectivity index (χ2v) is 9.19. The van der Waals surface area contributed by atoms with E-state index in [2.05, 4.69) is 5.32 Å². The summed E-state index contributed by atoms with van der Waals surface area (Å²) in [5.41, 5.74) is 2.27. The number of para-hydroxylation sites is 1. The molecule has 0 spiro atoms. The monoisotopic (exact) mass is 489 g/mol. The third kappa shape index (κ3) is 3.53. The largest absolute Gasteiger partial charge is 0.466 e. The SMILES string of the molecule is COC(=O)C1=C(C)Nc2c(c(=O)n(C)c(=O)n2C)[C@H]1c1cn(-c2ccccc2)nc1-c1cccs1. The van der Waals surface area contributed by atoms with Crippen LogP contribution in [0.2, 0.25) is 0 Å². The summed E-state index contributed by atoms with van der Waals surface area (Å²) in [4.78, 5) is 40.2. The lowest BCUT2D eigenvalue weighted by atomic mass is 9.82. The minimum absolute atomic E-state index is 0.283. The molecular formula is C25H23N5O4S. The molecule has 0 aliphatic carbocycles. The quantitative estimate of drug-likeness (QED) is 0.443. The smallest absolute Gasteiger partial charge is 0.336 e. The number of carbonyl (C=O) groups is 1. The minimum Gasteiger partial charge on any atom is -0.466 e. The van der Waals surface area contributed by atoms with Crippen LogP contribution in [0.15, 0.2) is 74.9 Å². The third-order valence-electron chi connectivity index (χ3n) is 6.22. The van der Waals surface area contributed by atoms with Crippen molar-refractivity contribution in [2.75, 3.05) is 12.4 Å². The molecule has 4 heterocycles. The first kappa shape index (κ1) is 22.6. The molecule has 3 aromatic heterocycles. The van der Waals surface area contributed by atoms with Crippen molar-refractivity contribution in [2.45, 2.75) is 12.8 Å². The standard InChI is InChI=1S/C25H23N5O4S/c1-14-18(24(32)34-4)19(20-22(26-14)28(2)25(33)29(3)23(20)31)16-13-30(15-9-6-5-7-10-15)27-21(16)17-11-8-12-35-17/h5-13,19,26H,1-4H3/t19-/m0/s1. The molecule has 1 aromatic carbocycles. The molecule has 10 heteroatoms. The molecule has 178 valence electrons. The second kappa shape index (κ2) is 8.55. The Morgan fingerprint density at radius 3 is 2.49 bits per heavy atom. The molecule has 0 radical (unpaired) electrons. The van der Waals surface area contributed by atoms with Crippen molar-refractivity contribution < 1.29 is 9.53 Å². The maximum Gasteiger partial charge on any atom is 0.336 e. The van der Waals surface area contributed by atoms with Crippen molar-refractivity contribution in [1.82, 2.24) is 18.9 Å². The fourth-order valence-corrected chi connectivity index (χ4v) is 5.23. The van der Waals surface area contributed by atoms with Crippen molar-refractivity contribution in [3.05, 3.63) is 97.3 Å². The first-order chi connectivity index (χ1) is 16.8. The van der Waals surface area contributed by atoms with Gasteiger partial charge in [-0.05, 0) is 30.5 Å². The van der Waals surface area contributed by atoms with Gasteiger partial charge in [0.15, 0.2) is 0 Å². The summed E-state index contributed by atoms with van der Waals surface area (Å²) < 4.78 is 9.31. The van der Waals surface area contributed by atoms with Crippen molar-refractivity contribution in [2.24, 2.45) is 14.1 Å². The molecular weight excluding hydrogens is 466 g/mol. The van der Waals surface area contributed by atoms with E-state index in [0.29, 0.717) is 28.3 Å². The highest BCUT2D eigenvalue weighted by Crippen LogP contribution is 2.44. The van der Waals surface area contributed by atoms with Crippen LogP contribution < -0.4 is 16.6 Å². The maximum absolute atomic E-state index is 13.5. The zero-order chi connectivity index (χ0) is 24.9. The van der Waals surface area contributed by atoms with E-state index in [1.807, 2.05) is 54.0 Å². The van der Waals surface area contributed by atoms with Crippen LogP contribution in [-0.4, -0.2) is 32.0 Å². The Bertz CT molecular complexity index is 1590. The van der Waals surface area contributed by atoms with Crippen LogP contribution in [0, 0.1) is 0 Å². The summed E-state index contributed by atoms with van der Waals surface area (Å²) in [5, 5.41) is 9.91. The van der Waals surface area contributed by atoms with Gasteiger partial charge in [-0.25, -0.2) is 14.3 Å². The number of esters is 1. The average molecular weight is 490 g/mol. The summed E-state index contributed by atoms with van der Waals surface area (Å²) >= 11 is 1.51. The van der Waals surface area contributed by atoms with Crippen LogP contribution in [0.1, 0.15) is 24.0 Å². The molecule has 1 aliphatic rings. The Kier molecular flexibility index (Phi) is 5.52. The molecule has 0 amide bonds. The average Bonchev–Trinajstić information content (AvgIpc) is 3.56. The van der Waals surface area contributed by atoms with Gasteiger partial charge in [-0.2, -0.15) is 5.10 Å². The van der Waals surface area contributed by atoms with Gasteiger partial charge in [0.05, 0.1) is 34.7 Å². The van der Waals surface area contributed by atoms with Crippen LogP contribution in [0.5, 0.6) is 0 Å². The Morgan fingerprint density at radius 1 is 1.09 bits per heavy atom. The summed E-state index contributed by atoms with van der Waals surface area (Å²) in [5.74, 6) is -1.03. The summed E-state index contributed by atoms with van der Waals surface area (Å²) in [6.07, 6.45) is 1.84. The number of thiophene rings is 1. The van der Waals surface area contributed by atoms with Gasteiger partial charge in [0, 0.05) is 31.6 Å². The van der Waals surface area contributed by atoms with Crippen LogP contribution in [0.3, 0.4) is 0 Å². The number of hydrogen-bond donors (Lipinski definition) is 1. The number of anilines is 1. The van der Waals surface area contributed by atoms with Crippen LogP contribution >= 0.6 is 11.3 Å². The Balaban J connectivity index is 1.88. The fourth-order valence-electron chi connectivity index (χ4n) is 4.50. The second-order valence-electron chi connectivity index (χ2n) is 8.25. The van der Waals surface area contributed by atoms with E-state index in [0.717, 1.165) is 15.1 Å². The number of allylic oxidation sites excluding steroid dienone is 1. The van der Waals surface area contributed by atoms with Gasteiger partial charge in [-0.1, -0.05) is 24.3 Å². The Hall–Kier alpha value is -4.18. The van der Waals surface area contributed by atoms with Gasteiger partial charge in [0.1, 0.15) is 11.5 Å². The number of rotatable bonds is 4. The highest BCUT2D eigenvalue weighted by Gasteiger charge is 2.39. The molecule has 0 fully saturated rings. The highest BCUT2D eigenvalue weighted by atomic mass is 32.1. The number of ether oxygens (including phenoxy) is 1. The number of nitrogens with one attached hydrogen (secondary N) is 1. The first-order valence-electron chi connectivity index (χ1n) is 10.9. The Morgan fingerprint density at radius 2 is 1.83 bits per heavy atom. The summed E-state index contributed by atoms with van der Waals surface area (Å²) in [6.45, 7) is 1.73. The van der Waals surface area contributed by atoms with Gasteiger partial charge in [0.2, 0.25) is 0 Å². The van der Waals surface area contributed by atoms with Crippen molar-refractivity contribution >= 4 is 23.1 Å². The lowest BCUT2D eigenvalue weighted by molar-refractivity contribution is -0.136. The minimum atomic E-state index is -0.807. The fraction of sp³-hybridized carbons (Fsp3) is 0.200. The van der Waals surface area contributed by atoms with Crippen molar-refractivity contribution in [1.29, 1.82) is 0 Å². The molecule has 5 rings (SSSR count). The first-order valence-corrected chi connectivity index (χ1v) is 11.8. The summed E-state index contributed by atoms with van der Waals surface area (Å²) in [6, 6.07) is 13.5. The molecule has 1 N–H and O–H groups in total. The number of aromatic nitrogens is 4. The van der Waals surface area contributed by atoms with Crippen molar-refractivity contribution in [3.63, 3.8) is 0 Å². The molecule has 0 saturated carbocycles. The lowest BCUT2D eigenvalue weighted by Gasteiger charge is -2.30. The van der Waals surface area contributed by atoms with E-state index >= 15 is 0 Å². The van der Waals surface area contributed by atoms with Gasteiger partial charge in [-0.15, -0.1) is 11.3 Å². The topological polar surface area (TPSA) is 100 Å². The molecule has 1 atom stereocenters. The van der Waals surface area contributed by atoms with E-state index in [-0.39, 0.29) is 5.56 Å². The van der Waals surface area contributed by atoms with Gasteiger partial charge in [0.25, 0.3) is 5.56 Å². The predicted octanol–water partition coefficient (Wildman–Crippen LogP) is 3.00. The number of nitrogens with zero attached hydrogens (tertiary/aromatic N) is 4. The van der Waals surface area contributed by atoms with E-state index in [1.54, 1.807) is 18.7 Å². The van der Waals surface area contributed by atoms with E-state index in [9.17, 15) is 14.4 Å². The lowest BCUT2D eigenvalue weighted by Crippen LogP contribution is -2.43. The van der Waals surface area contributed by atoms with Crippen LogP contribution in [0.4, 0.5) is 5.82 Å². The summed E-state index contributed by atoms with van der Waals surface area (Å²) in [7, 11) is 4.33. The van der Waals surface area contributed by atoms with Gasteiger partial charge >= 0.3 is 11.7 Å². The van der Waals surface area contributed by atoms with Crippen LogP contribution in [0.25, 0.3) is 16.3 Å². The molecule has 4 aromatic rings. The number of carbonyl (C=O) groups excluding carboxylic acids is 1. The maximum atomic E-state index is 13.5. The number of benzene rings is 1.